The van der Waals surface area contributed by atoms with Gasteiger partial charge in [-0.2, -0.15) is 0 Å². The molecule has 0 spiro atoms. The van der Waals surface area contributed by atoms with Gasteiger partial charge in [0.25, 0.3) is 0 Å². The maximum Gasteiger partial charge on any atom is 0.191 e. The minimum atomic E-state index is -0.264. The molecule has 0 radical (unpaired) electrons. The van der Waals surface area contributed by atoms with Crippen LogP contribution in [0.1, 0.15) is 36.1 Å². The number of hydrogen-bond acceptors (Lipinski definition) is 4. The minimum Gasteiger partial charge on any atom is -0.494 e. The lowest BCUT2D eigenvalue weighted by molar-refractivity contribution is 0.181. The first-order valence-electron chi connectivity index (χ1n) is 10.2. The molecule has 30 heavy (non-hydrogen) atoms. The summed E-state index contributed by atoms with van der Waals surface area (Å²) in [6.45, 7) is 5.94. The Morgan fingerprint density at radius 2 is 2.00 bits per heavy atom. The van der Waals surface area contributed by atoms with Crippen LogP contribution in [-0.2, 0) is 30.9 Å². The highest BCUT2D eigenvalue weighted by Crippen LogP contribution is 2.35. The van der Waals surface area contributed by atoms with E-state index in [1.54, 1.807) is 26.3 Å². The number of rotatable bonds is 8. The molecule has 7 heteroatoms. The number of aliphatic imine (C=N–C) groups is 1. The Labute approximate surface area is 177 Å². The predicted octanol–water partition coefficient (Wildman–Crippen LogP) is 3.56. The number of halogens is 1. The highest BCUT2D eigenvalue weighted by atomic mass is 19.1. The standard InChI is InChI=1S/C23H30FN3O3/c1-5-29-21-10-17-8-15(2)30-22(17)11-18(21)13-27-23(25-3)26-12-16-6-7-20(24)19(9-16)14-28-4/h6-7,9-11,15H,5,8,12-14H2,1-4H3,(H2,25,26,27). The van der Waals surface area contributed by atoms with Crippen LogP contribution in [-0.4, -0.2) is 32.8 Å². The van der Waals surface area contributed by atoms with Gasteiger partial charge in [-0.15, -0.1) is 0 Å². The summed E-state index contributed by atoms with van der Waals surface area (Å²) in [4.78, 5) is 4.28. The van der Waals surface area contributed by atoms with Crippen molar-refractivity contribution in [2.24, 2.45) is 4.99 Å². The summed E-state index contributed by atoms with van der Waals surface area (Å²) < 4.78 is 30.6. The molecule has 1 aliphatic heterocycles. The number of nitrogens with zero attached hydrogens (tertiary/aromatic N) is 1. The number of ether oxygens (including phenoxy) is 3. The summed E-state index contributed by atoms with van der Waals surface area (Å²) in [6.07, 6.45) is 1.08. The van der Waals surface area contributed by atoms with E-state index in [0.29, 0.717) is 31.2 Å². The third-order valence-electron chi connectivity index (χ3n) is 4.92. The maximum atomic E-state index is 13.8. The zero-order valence-corrected chi connectivity index (χ0v) is 18.0. The zero-order chi connectivity index (χ0) is 21.5. The van der Waals surface area contributed by atoms with E-state index in [4.69, 9.17) is 14.2 Å². The molecule has 1 aliphatic rings. The van der Waals surface area contributed by atoms with Crippen molar-refractivity contribution in [2.45, 2.75) is 46.1 Å². The summed E-state index contributed by atoms with van der Waals surface area (Å²) in [6, 6.07) is 9.13. The lowest BCUT2D eigenvalue weighted by Crippen LogP contribution is -2.36. The minimum absolute atomic E-state index is 0.186. The molecule has 0 saturated heterocycles. The van der Waals surface area contributed by atoms with Crippen LogP contribution in [0.3, 0.4) is 0 Å². The topological polar surface area (TPSA) is 64.1 Å². The summed E-state index contributed by atoms with van der Waals surface area (Å²) in [5.41, 5.74) is 3.67. The Bertz CT molecular complexity index is 902. The first kappa shape index (κ1) is 21.9. The molecule has 0 fully saturated rings. The molecule has 6 nitrogen and oxygen atoms in total. The lowest BCUT2D eigenvalue weighted by atomic mass is 10.1. The Morgan fingerprint density at radius 3 is 2.73 bits per heavy atom. The van der Waals surface area contributed by atoms with Crippen molar-refractivity contribution in [3.8, 4) is 11.5 Å². The van der Waals surface area contributed by atoms with Gasteiger partial charge < -0.3 is 24.8 Å². The third kappa shape index (κ3) is 5.42. The van der Waals surface area contributed by atoms with Gasteiger partial charge in [-0.3, -0.25) is 4.99 Å². The molecule has 0 bridgehead atoms. The largest absolute Gasteiger partial charge is 0.494 e. The van der Waals surface area contributed by atoms with Crippen molar-refractivity contribution < 1.29 is 18.6 Å². The molecule has 1 atom stereocenters. The fourth-order valence-electron chi connectivity index (χ4n) is 3.50. The molecular formula is C23H30FN3O3. The van der Waals surface area contributed by atoms with E-state index in [0.717, 1.165) is 29.0 Å². The average Bonchev–Trinajstić information content (AvgIpc) is 3.09. The Hall–Kier alpha value is -2.80. The molecule has 2 N–H and O–H groups in total. The molecule has 2 aromatic carbocycles. The van der Waals surface area contributed by atoms with Gasteiger partial charge in [0, 0.05) is 50.4 Å². The van der Waals surface area contributed by atoms with Crippen molar-refractivity contribution in [1.82, 2.24) is 10.6 Å². The van der Waals surface area contributed by atoms with Gasteiger partial charge in [-0.25, -0.2) is 4.39 Å². The molecule has 0 aliphatic carbocycles. The fraction of sp³-hybridized carbons (Fsp3) is 0.435. The van der Waals surface area contributed by atoms with Gasteiger partial charge in [0.05, 0.1) is 13.2 Å². The Morgan fingerprint density at radius 1 is 1.20 bits per heavy atom. The van der Waals surface area contributed by atoms with Crippen LogP contribution in [0.25, 0.3) is 0 Å². The predicted molar refractivity (Wildman–Crippen MR) is 116 cm³/mol. The van der Waals surface area contributed by atoms with Crippen molar-refractivity contribution in [3.05, 3.63) is 58.4 Å². The summed E-state index contributed by atoms with van der Waals surface area (Å²) >= 11 is 0. The molecule has 0 amide bonds. The van der Waals surface area contributed by atoms with Gasteiger partial charge >= 0.3 is 0 Å². The molecule has 3 rings (SSSR count). The van der Waals surface area contributed by atoms with Crippen LogP contribution in [0.4, 0.5) is 4.39 Å². The van der Waals surface area contributed by atoms with Crippen LogP contribution >= 0.6 is 0 Å². The second-order valence-electron chi connectivity index (χ2n) is 7.27. The molecule has 1 unspecified atom stereocenters. The number of benzene rings is 2. The molecule has 2 aromatic rings. The van der Waals surface area contributed by atoms with Crippen LogP contribution in [0, 0.1) is 5.82 Å². The maximum absolute atomic E-state index is 13.8. The number of guanidine groups is 1. The second kappa shape index (κ2) is 10.3. The smallest absolute Gasteiger partial charge is 0.191 e. The molecular weight excluding hydrogens is 385 g/mol. The van der Waals surface area contributed by atoms with E-state index in [2.05, 4.69) is 28.6 Å². The van der Waals surface area contributed by atoms with Gasteiger partial charge in [-0.1, -0.05) is 6.07 Å². The van der Waals surface area contributed by atoms with Gasteiger partial charge in [0.15, 0.2) is 5.96 Å². The molecule has 0 aromatic heterocycles. The van der Waals surface area contributed by atoms with E-state index in [1.807, 2.05) is 13.0 Å². The normalized spacial score (nSPS) is 15.5. The third-order valence-corrected chi connectivity index (χ3v) is 4.92. The quantitative estimate of drug-likeness (QED) is 0.510. The number of nitrogens with one attached hydrogen (secondary N) is 2. The highest BCUT2D eigenvalue weighted by Gasteiger charge is 2.22. The highest BCUT2D eigenvalue weighted by molar-refractivity contribution is 5.79. The van der Waals surface area contributed by atoms with E-state index in [9.17, 15) is 4.39 Å². The van der Waals surface area contributed by atoms with E-state index in [1.165, 1.54) is 11.6 Å². The van der Waals surface area contributed by atoms with Crippen LogP contribution in [0.15, 0.2) is 35.3 Å². The summed E-state index contributed by atoms with van der Waals surface area (Å²) in [7, 11) is 3.27. The van der Waals surface area contributed by atoms with E-state index in [-0.39, 0.29) is 18.5 Å². The number of methoxy groups -OCH3 is 1. The van der Waals surface area contributed by atoms with Crippen molar-refractivity contribution >= 4 is 5.96 Å². The molecule has 162 valence electrons. The van der Waals surface area contributed by atoms with Crippen molar-refractivity contribution in [2.75, 3.05) is 20.8 Å². The summed E-state index contributed by atoms with van der Waals surface area (Å²) in [5.74, 6) is 2.16. The van der Waals surface area contributed by atoms with E-state index < -0.39 is 0 Å². The van der Waals surface area contributed by atoms with Crippen molar-refractivity contribution in [1.29, 1.82) is 0 Å². The van der Waals surface area contributed by atoms with Crippen LogP contribution in [0.5, 0.6) is 11.5 Å². The monoisotopic (exact) mass is 415 g/mol. The molecule has 0 saturated carbocycles. The van der Waals surface area contributed by atoms with E-state index >= 15 is 0 Å². The van der Waals surface area contributed by atoms with Gasteiger partial charge in [0.2, 0.25) is 0 Å². The number of hydrogen-bond donors (Lipinski definition) is 2. The lowest BCUT2D eigenvalue weighted by Gasteiger charge is -2.16. The average molecular weight is 416 g/mol. The molecule has 1 heterocycles. The van der Waals surface area contributed by atoms with Gasteiger partial charge in [0.1, 0.15) is 23.4 Å². The summed E-state index contributed by atoms with van der Waals surface area (Å²) in [5, 5.41) is 6.57. The number of fused-ring (bicyclic) bond motifs is 1. The SMILES string of the molecule is CCOc1cc2c(cc1CNC(=NC)NCc1ccc(F)c(COC)c1)OC(C)C2. The zero-order valence-electron chi connectivity index (χ0n) is 18.0. The first-order chi connectivity index (χ1) is 14.5. The fourth-order valence-corrected chi connectivity index (χ4v) is 3.50. The van der Waals surface area contributed by atoms with Crippen LogP contribution < -0.4 is 20.1 Å². The van der Waals surface area contributed by atoms with Gasteiger partial charge in [-0.05, 0) is 43.7 Å². The van der Waals surface area contributed by atoms with Crippen molar-refractivity contribution in [3.63, 3.8) is 0 Å². The second-order valence-corrected chi connectivity index (χ2v) is 7.27. The first-order valence-corrected chi connectivity index (χ1v) is 10.2. The van der Waals surface area contributed by atoms with Crippen LogP contribution in [0.2, 0.25) is 0 Å². The Kier molecular flexibility index (Phi) is 7.52. The Balaban J connectivity index is 1.63.